The first-order valence-corrected chi connectivity index (χ1v) is 8.31. The second-order valence-corrected chi connectivity index (χ2v) is 6.80. The molecule has 0 radical (unpaired) electrons. The number of pyridine rings is 1. The van der Waals surface area contributed by atoms with E-state index in [2.05, 4.69) is 59.9 Å². The van der Waals surface area contributed by atoms with E-state index in [0.717, 1.165) is 25.5 Å². The van der Waals surface area contributed by atoms with Gasteiger partial charge in [-0.2, -0.15) is 11.8 Å². The maximum atomic E-state index is 4.64. The van der Waals surface area contributed by atoms with Crippen LogP contribution in [0.1, 0.15) is 38.8 Å². The fraction of sp³-hybridized carbons (Fsp3) is 0.667. The molecule has 106 valence electrons. The number of rotatable bonds is 5. The van der Waals surface area contributed by atoms with Gasteiger partial charge in [-0.1, -0.05) is 19.9 Å². The van der Waals surface area contributed by atoms with Gasteiger partial charge in [0.05, 0.1) is 0 Å². The van der Waals surface area contributed by atoms with Crippen molar-refractivity contribution in [2.24, 2.45) is 0 Å². The maximum absolute atomic E-state index is 4.64. The fourth-order valence-corrected chi connectivity index (χ4v) is 3.36. The van der Waals surface area contributed by atoms with E-state index in [4.69, 9.17) is 0 Å². The largest absolute Gasteiger partial charge is 0.355 e. The minimum absolute atomic E-state index is 0.386. The molecular formula is C15H25N3S. The summed E-state index contributed by atoms with van der Waals surface area (Å²) in [4.78, 5) is 7.04. The van der Waals surface area contributed by atoms with Crippen LogP contribution in [0.5, 0.6) is 0 Å². The molecule has 0 spiro atoms. The molecule has 1 saturated heterocycles. The number of anilines is 1. The lowest BCUT2D eigenvalue weighted by Crippen LogP contribution is -2.37. The predicted molar refractivity (Wildman–Crippen MR) is 85.1 cm³/mol. The van der Waals surface area contributed by atoms with Crippen molar-refractivity contribution in [2.75, 3.05) is 30.3 Å². The second-order valence-electron chi connectivity index (χ2n) is 5.25. The van der Waals surface area contributed by atoms with Crippen LogP contribution in [0.4, 0.5) is 5.82 Å². The summed E-state index contributed by atoms with van der Waals surface area (Å²) < 4.78 is 0. The molecule has 2 atom stereocenters. The monoisotopic (exact) mass is 279 g/mol. The molecule has 1 N–H and O–H groups in total. The molecule has 3 nitrogen and oxygen atoms in total. The summed E-state index contributed by atoms with van der Waals surface area (Å²) in [6.45, 7) is 9.97. The van der Waals surface area contributed by atoms with Crippen LogP contribution in [0.25, 0.3) is 0 Å². The van der Waals surface area contributed by atoms with Crippen LogP contribution < -0.4 is 10.2 Å². The lowest BCUT2D eigenvalue weighted by molar-refractivity contribution is 0.569. The molecule has 0 amide bonds. The van der Waals surface area contributed by atoms with Crippen LogP contribution in [0.2, 0.25) is 0 Å². The summed E-state index contributed by atoms with van der Waals surface area (Å²) in [5.41, 5.74) is 1.27. The third-order valence-electron chi connectivity index (χ3n) is 3.54. The van der Waals surface area contributed by atoms with E-state index >= 15 is 0 Å². The molecular weight excluding hydrogens is 254 g/mol. The molecule has 0 saturated carbocycles. The van der Waals surface area contributed by atoms with Crippen LogP contribution in [-0.4, -0.2) is 35.6 Å². The molecule has 1 aromatic rings. The summed E-state index contributed by atoms with van der Waals surface area (Å²) in [7, 11) is 0. The minimum atomic E-state index is 0.386. The van der Waals surface area contributed by atoms with Gasteiger partial charge in [-0.25, -0.2) is 4.98 Å². The van der Waals surface area contributed by atoms with Gasteiger partial charge in [0, 0.05) is 36.3 Å². The van der Waals surface area contributed by atoms with Gasteiger partial charge in [0.1, 0.15) is 5.82 Å². The zero-order valence-electron chi connectivity index (χ0n) is 12.2. The van der Waals surface area contributed by atoms with Crippen molar-refractivity contribution in [3.05, 3.63) is 23.9 Å². The van der Waals surface area contributed by atoms with Gasteiger partial charge in [0.2, 0.25) is 0 Å². The molecule has 0 bridgehead atoms. The van der Waals surface area contributed by atoms with Crippen molar-refractivity contribution in [1.29, 1.82) is 0 Å². The third-order valence-corrected chi connectivity index (χ3v) is 4.67. The molecule has 0 aromatic carbocycles. The fourth-order valence-electron chi connectivity index (χ4n) is 2.35. The standard InChI is InChI=1S/C15H25N3S/c1-4-7-16-13(3)14-5-6-15(17-10-14)18-8-9-19-12(2)11-18/h5-6,10,12-13,16H,4,7-9,11H2,1-3H3. The van der Waals surface area contributed by atoms with E-state index in [1.807, 2.05) is 6.20 Å². The van der Waals surface area contributed by atoms with Gasteiger partial charge in [-0.05, 0) is 31.5 Å². The van der Waals surface area contributed by atoms with E-state index in [9.17, 15) is 0 Å². The van der Waals surface area contributed by atoms with E-state index in [1.54, 1.807) is 0 Å². The first-order chi connectivity index (χ1) is 9.20. The molecule has 1 aromatic heterocycles. The Labute approximate surface area is 121 Å². The van der Waals surface area contributed by atoms with Gasteiger partial charge in [0.15, 0.2) is 0 Å². The molecule has 2 rings (SSSR count). The molecule has 4 heteroatoms. The topological polar surface area (TPSA) is 28.2 Å². The number of hydrogen-bond acceptors (Lipinski definition) is 4. The lowest BCUT2D eigenvalue weighted by atomic mass is 10.1. The third kappa shape index (κ3) is 4.11. The first kappa shape index (κ1) is 14.7. The van der Waals surface area contributed by atoms with Crippen LogP contribution in [-0.2, 0) is 0 Å². The van der Waals surface area contributed by atoms with E-state index < -0.39 is 0 Å². The van der Waals surface area contributed by atoms with E-state index in [1.165, 1.54) is 17.7 Å². The van der Waals surface area contributed by atoms with E-state index in [-0.39, 0.29) is 0 Å². The zero-order valence-corrected chi connectivity index (χ0v) is 13.0. The van der Waals surface area contributed by atoms with E-state index in [0.29, 0.717) is 11.3 Å². The Morgan fingerprint density at radius 3 is 3.00 bits per heavy atom. The molecule has 1 fully saturated rings. The van der Waals surface area contributed by atoms with Gasteiger partial charge in [0.25, 0.3) is 0 Å². The van der Waals surface area contributed by atoms with Crippen LogP contribution in [0, 0.1) is 0 Å². The van der Waals surface area contributed by atoms with Crippen molar-refractivity contribution < 1.29 is 0 Å². The molecule has 2 heterocycles. The number of hydrogen-bond donors (Lipinski definition) is 1. The Bertz CT molecular complexity index is 379. The molecule has 1 aliphatic rings. The Hall–Kier alpha value is -0.740. The second kappa shape index (κ2) is 7.15. The summed E-state index contributed by atoms with van der Waals surface area (Å²) in [6, 6.07) is 4.77. The Morgan fingerprint density at radius 2 is 2.37 bits per heavy atom. The Morgan fingerprint density at radius 1 is 1.53 bits per heavy atom. The number of nitrogens with zero attached hydrogens (tertiary/aromatic N) is 2. The van der Waals surface area contributed by atoms with Gasteiger partial charge >= 0.3 is 0 Å². The average Bonchev–Trinajstić information content (AvgIpc) is 2.45. The normalized spacial score (nSPS) is 21.4. The van der Waals surface area contributed by atoms with Crippen molar-refractivity contribution in [3.63, 3.8) is 0 Å². The highest BCUT2D eigenvalue weighted by Gasteiger charge is 2.17. The summed E-state index contributed by atoms with van der Waals surface area (Å²) in [5, 5.41) is 4.21. The highest BCUT2D eigenvalue weighted by molar-refractivity contribution is 8.00. The first-order valence-electron chi connectivity index (χ1n) is 7.26. The van der Waals surface area contributed by atoms with Crippen molar-refractivity contribution in [3.8, 4) is 0 Å². The van der Waals surface area contributed by atoms with Crippen molar-refractivity contribution in [2.45, 2.75) is 38.5 Å². The van der Waals surface area contributed by atoms with Crippen LogP contribution >= 0.6 is 11.8 Å². The highest BCUT2D eigenvalue weighted by atomic mass is 32.2. The maximum Gasteiger partial charge on any atom is 0.128 e. The van der Waals surface area contributed by atoms with Gasteiger partial charge < -0.3 is 10.2 Å². The number of nitrogens with one attached hydrogen (secondary N) is 1. The quantitative estimate of drug-likeness (QED) is 0.896. The number of thioether (sulfide) groups is 1. The highest BCUT2D eigenvalue weighted by Crippen LogP contribution is 2.23. The minimum Gasteiger partial charge on any atom is -0.355 e. The molecule has 2 unspecified atom stereocenters. The van der Waals surface area contributed by atoms with Crippen LogP contribution in [0.3, 0.4) is 0 Å². The Kier molecular flexibility index (Phi) is 5.52. The van der Waals surface area contributed by atoms with Crippen LogP contribution in [0.15, 0.2) is 18.3 Å². The molecule has 1 aliphatic heterocycles. The summed E-state index contributed by atoms with van der Waals surface area (Å²) in [6.07, 6.45) is 3.19. The van der Waals surface area contributed by atoms with Gasteiger partial charge in [-0.15, -0.1) is 0 Å². The summed E-state index contributed by atoms with van der Waals surface area (Å²) >= 11 is 2.05. The molecule has 0 aliphatic carbocycles. The molecule has 19 heavy (non-hydrogen) atoms. The average molecular weight is 279 g/mol. The SMILES string of the molecule is CCCNC(C)c1ccc(N2CCSC(C)C2)nc1. The summed E-state index contributed by atoms with van der Waals surface area (Å²) in [5.74, 6) is 2.33. The lowest BCUT2D eigenvalue weighted by Gasteiger charge is -2.31. The smallest absolute Gasteiger partial charge is 0.128 e. The number of aromatic nitrogens is 1. The Balaban J connectivity index is 1.97. The van der Waals surface area contributed by atoms with Crippen molar-refractivity contribution >= 4 is 17.6 Å². The zero-order chi connectivity index (χ0) is 13.7. The van der Waals surface area contributed by atoms with Crippen molar-refractivity contribution in [1.82, 2.24) is 10.3 Å². The van der Waals surface area contributed by atoms with Gasteiger partial charge in [-0.3, -0.25) is 0 Å². The predicted octanol–water partition coefficient (Wildman–Crippen LogP) is 3.08.